The Balaban J connectivity index is 1.26. The summed E-state index contributed by atoms with van der Waals surface area (Å²) in [6.45, 7) is 6.57. The van der Waals surface area contributed by atoms with E-state index in [1.807, 2.05) is 12.2 Å². The van der Waals surface area contributed by atoms with Crippen molar-refractivity contribution in [3.8, 4) is 0 Å². The highest BCUT2D eigenvalue weighted by atomic mass is 32.2. The molecule has 0 spiro atoms. The SMILES string of the molecule is CC(C)(C)OC(=O)N[C@H]1CCCCC/C=C\[C@@H]2C[C@@]2(C(=O)NS(=O)(=O)C2(C)CC2)NC(=O)[C@@H]2C[C@@H](OC(=O)N3Cc4cccc(F)c4C3)CN2C1=O. The van der Waals surface area contributed by atoms with E-state index in [1.165, 1.54) is 15.9 Å². The van der Waals surface area contributed by atoms with Gasteiger partial charge in [-0.2, -0.15) is 0 Å². The van der Waals surface area contributed by atoms with E-state index in [4.69, 9.17) is 9.47 Å². The van der Waals surface area contributed by atoms with Crippen LogP contribution in [0.4, 0.5) is 14.0 Å². The van der Waals surface area contributed by atoms with Gasteiger partial charge < -0.3 is 25.0 Å². The molecule has 5 atom stereocenters. The van der Waals surface area contributed by atoms with Crippen LogP contribution in [-0.2, 0) is 47.0 Å². The number of benzene rings is 1. The summed E-state index contributed by atoms with van der Waals surface area (Å²) in [5.41, 5.74) is -1.38. The zero-order chi connectivity index (χ0) is 37.6. The first-order valence-corrected chi connectivity index (χ1v) is 19.5. The van der Waals surface area contributed by atoms with E-state index in [0.29, 0.717) is 36.8 Å². The monoisotopic (exact) mass is 745 g/mol. The van der Waals surface area contributed by atoms with Gasteiger partial charge in [-0.05, 0) is 77.8 Å². The van der Waals surface area contributed by atoms with Crippen LogP contribution in [0, 0.1) is 11.7 Å². The summed E-state index contributed by atoms with van der Waals surface area (Å²) in [6.07, 6.45) is 5.00. The number of sulfonamides is 1. The van der Waals surface area contributed by atoms with Crippen molar-refractivity contribution in [2.75, 3.05) is 6.54 Å². The van der Waals surface area contributed by atoms with Gasteiger partial charge in [0.15, 0.2) is 0 Å². The average molecular weight is 746 g/mol. The number of hydrogen-bond donors (Lipinski definition) is 3. The quantitative estimate of drug-likeness (QED) is 0.380. The minimum Gasteiger partial charge on any atom is -0.444 e. The molecule has 3 heterocycles. The summed E-state index contributed by atoms with van der Waals surface area (Å²) in [7, 11) is -4.02. The van der Waals surface area contributed by atoms with Crippen LogP contribution in [0.25, 0.3) is 0 Å². The maximum absolute atomic E-state index is 14.4. The first-order valence-electron chi connectivity index (χ1n) is 18.0. The Morgan fingerprint density at radius 1 is 1.08 bits per heavy atom. The topological polar surface area (TPSA) is 181 Å². The Hall–Kier alpha value is -4.21. The van der Waals surface area contributed by atoms with Crippen molar-refractivity contribution >= 4 is 39.9 Å². The average Bonchev–Trinajstić information content (AvgIpc) is 3.84. The highest BCUT2D eigenvalue weighted by molar-refractivity contribution is 7.91. The van der Waals surface area contributed by atoms with Crippen LogP contribution in [0.2, 0.25) is 0 Å². The fourth-order valence-corrected chi connectivity index (χ4v) is 8.44. The molecule has 52 heavy (non-hydrogen) atoms. The zero-order valence-electron chi connectivity index (χ0n) is 30.0. The molecule has 284 valence electrons. The number of carbonyl (C=O) groups excluding carboxylic acids is 5. The van der Waals surface area contributed by atoms with E-state index in [2.05, 4.69) is 15.4 Å². The van der Waals surface area contributed by atoms with Gasteiger partial charge in [-0.25, -0.2) is 22.4 Å². The summed E-state index contributed by atoms with van der Waals surface area (Å²) < 4.78 is 52.9. The number of rotatable bonds is 5. The minimum atomic E-state index is -4.02. The molecule has 1 aromatic carbocycles. The number of halogens is 1. The Bertz CT molecular complexity index is 1770. The molecule has 16 heteroatoms. The Morgan fingerprint density at radius 3 is 2.52 bits per heavy atom. The van der Waals surface area contributed by atoms with Crippen molar-refractivity contribution in [2.24, 2.45) is 5.92 Å². The number of ether oxygens (including phenoxy) is 2. The first kappa shape index (κ1) is 37.5. The summed E-state index contributed by atoms with van der Waals surface area (Å²) in [6, 6.07) is 2.29. The number of nitrogens with zero attached hydrogens (tertiary/aromatic N) is 2. The molecule has 0 radical (unpaired) electrons. The fourth-order valence-electron chi connectivity index (χ4n) is 7.12. The second kappa shape index (κ2) is 14.0. The van der Waals surface area contributed by atoms with Crippen molar-refractivity contribution in [3.63, 3.8) is 0 Å². The van der Waals surface area contributed by atoms with Gasteiger partial charge in [-0.15, -0.1) is 0 Å². The smallest absolute Gasteiger partial charge is 0.410 e. The van der Waals surface area contributed by atoms with Gasteiger partial charge in [0.25, 0.3) is 5.91 Å². The minimum absolute atomic E-state index is 0.00348. The maximum Gasteiger partial charge on any atom is 0.410 e. The molecule has 1 saturated heterocycles. The van der Waals surface area contributed by atoms with Gasteiger partial charge >= 0.3 is 12.2 Å². The van der Waals surface area contributed by atoms with Gasteiger partial charge in [0, 0.05) is 24.4 Å². The lowest BCUT2D eigenvalue weighted by Gasteiger charge is -2.30. The van der Waals surface area contributed by atoms with E-state index >= 15 is 0 Å². The predicted molar refractivity (Wildman–Crippen MR) is 185 cm³/mol. The molecule has 3 aliphatic heterocycles. The van der Waals surface area contributed by atoms with E-state index in [0.717, 1.165) is 12.8 Å². The number of nitrogens with one attached hydrogen (secondary N) is 3. The molecule has 0 aromatic heterocycles. The molecular weight excluding hydrogens is 697 g/mol. The second-order valence-corrected chi connectivity index (χ2v) is 18.1. The predicted octanol–water partition coefficient (Wildman–Crippen LogP) is 3.53. The van der Waals surface area contributed by atoms with Crippen LogP contribution in [0.1, 0.15) is 96.6 Å². The van der Waals surface area contributed by atoms with Crippen molar-refractivity contribution in [2.45, 2.75) is 133 Å². The van der Waals surface area contributed by atoms with Gasteiger partial charge in [-0.3, -0.25) is 24.0 Å². The highest BCUT2D eigenvalue weighted by Gasteiger charge is 2.63. The van der Waals surface area contributed by atoms with Crippen LogP contribution in [-0.4, -0.2) is 88.7 Å². The van der Waals surface area contributed by atoms with Crippen LogP contribution in [0.15, 0.2) is 30.4 Å². The van der Waals surface area contributed by atoms with Crippen molar-refractivity contribution in [3.05, 3.63) is 47.3 Å². The Labute approximate surface area is 303 Å². The van der Waals surface area contributed by atoms with E-state index in [9.17, 15) is 36.8 Å². The standard InChI is InChI=1S/C36H48FN5O9S/c1-34(2,3)51-32(46)38-27-14-9-7-5-6-8-12-23-18-36(23,31(45)40-52(48,49)35(4)15-16-35)39-29(43)28-17-24(20-42(28)30(27)44)50-33(47)41-19-22-11-10-13-26(37)25(22)21-41/h8,10-13,23-24,27-28H,5-7,9,14-21H2,1-4H3,(H,38,46)(H,39,43)(H,40,45)/b12-8-/t23-,24-,27+,28+,36-/m1/s1. The van der Waals surface area contributed by atoms with E-state index in [1.54, 1.807) is 39.8 Å². The molecule has 2 aliphatic carbocycles. The van der Waals surface area contributed by atoms with Crippen molar-refractivity contribution in [1.29, 1.82) is 0 Å². The molecular formula is C36H48FN5O9S. The molecule has 0 unspecified atom stereocenters. The Morgan fingerprint density at radius 2 is 1.83 bits per heavy atom. The lowest BCUT2D eigenvalue weighted by atomic mass is 10.0. The third kappa shape index (κ3) is 7.91. The summed E-state index contributed by atoms with van der Waals surface area (Å²) in [4.78, 5) is 71.1. The molecule has 0 bridgehead atoms. The molecule has 3 fully saturated rings. The number of allylic oxidation sites excluding steroid dienone is 1. The lowest BCUT2D eigenvalue weighted by molar-refractivity contribution is -0.141. The molecule has 2 saturated carbocycles. The maximum atomic E-state index is 14.4. The van der Waals surface area contributed by atoms with Crippen LogP contribution >= 0.6 is 0 Å². The lowest BCUT2D eigenvalue weighted by Crippen LogP contribution is -2.58. The van der Waals surface area contributed by atoms with E-state index < -0.39 is 85.7 Å². The number of hydrogen-bond acceptors (Lipinski definition) is 9. The number of fused-ring (bicyclic) bond motifs is 3. The summed E-state index contributed by atoms with van der Waals surface area (Å²) in [5, 5.41) is 5.46. The zero-order valence-corrected chi connectivity index (χ0v) is 30.9. The van der Waals surface area contributed by atoms with E-state index in [-0.39, 0.29) is 38.9 Å². The third-order valence-corrected chi connectivity index (χ3v) is 12.8. The molecule has 6 rings (SSSR count). The molecule has 5 amide bonds. The normalized spacial score (nSPS) is 29.2. The first-order chi connectivity index (χ1) is 24.4. The molecule has 14 nitrogen and oxygen atoms in total. The second-order valence-electron chi connectivity index (χ2n) is 15.9. The molecule has 1 aromatic rings. The van der Waals surface area contributed by atoms with Crippen LogP contribution < -0.4 is 15.4 Å². The van der Waals surface area contributed by atoms with Crippen LogP contribution in [0.3, 0.4) is 0 Å². The van der Waals surface area contributed by atoms with Gasteiger partial charge in [-0.1, -0.05) is 37.1 Å². The summed E-state index contributed by atoms with van der Waals surface area (Å²) >= 11 is 0. The third-order valence-electron chi connectivity index (χ3n) is 10.6. The highest BCUT2D eigenvalue weighted by Crippen LogP contribution is 2.47. The number of amides is 5. The Kier molecular flexibility index (Phi) is 10.1. The van der Waals surface area contributed by atoms with Crippen molar-refractivity contribution in [1.82, 2.24) is 25.2 Å². The van der Waals surface area contributed by atoms with Gasteiger partial charge in [0.1, 0.15) is 35.1 Å². The number of alkyl carbamates (subject to hydrolysis) is 1. The number of carbonyl (C=O) groups is 5. The largest absolute Gasteiger partial charge is 0.444 e. The molecule has 3 N–H and O–H groups in total. The fraction of sp³-hybridized carbons (Fsp3) is 0.639. The van der Waals surface area contributed by atoms with Gasteiger partial charge in [0.05, 0.1) is 17.8 Å². The van der Waals surface area contributed by atoms with Crippen LogP contribution in [0.5, 0.6) is 0 Å². The van der Waals surface area contributed by atoms with Gasteiger partial charge in [0.2, 0.25) is 21.8 Å². The molecule has 5 aliphatic rings. The van der Waals surface area contributed by atoms with Crippen molar-refractivity contribution < 1.29 is 46.3 Å². The summed E-state index contributed by atoms with van der Waals surface area (Å²) in [5.74, 6) is -3.09.